The van der Waals surface area contributed by atoms with Crippen LogP contribution in [0.5, 0.6) is 5.75 Å². The maximum Gasteiger partial charge on any atom is 0.414 e. The largest absolute Gasteiger partial charge is 0.414 e. The second-order valence-corrected chi connectivity index (χ2v) is 8.53. The highest BCUT2D eigenvalue weighted by Crippen LogP contribution is 2.30. The lowest BCUT2D eigenvalue weighted by atomic mass is 9.96. The van der Waals surface area contributed by atoms with E-state index in [2.05, 4.69) is 22.4 Å². The summed E-state index contributed by atoms with van der Waals surface area (Å²) >= 11 is 1.58. The normalized spacial score (nSPS) is 15.6. The summed E-state index contributed by atoms with van der Waals surface area (Å²) in [6, 6.07) is 19.5. The molecular weight excluding hydrogens is 408 g/mol. The fourth-order valence-electron chi connectivity index (χ4n) is 3.55. The van der Waals surface area contributed by atoms with Crippen LogP contribution in [-0.2, 0) is 6.42 Å². The van der Waals surface area contributed by atoms with Crippen LogP contribution in [0.4, 0.5) is 16.2 Å². The quantitative estimate of drug-likeness (QED) is 0.421. The SMILES string of the molecule is CN(CCC1CCc2ccc(N=C(N)c3cccs3)cc2N1)C(=O)Oc1ccccc1. The number of rotatable bonds is 6. The van der Waals surface area contributed by atoms with Crippen molar-refractivity contribution in [3.8, 4) is 5.75 Å². The summed E-state index contributed by atoms with van der Waals surface area (Å²) in [5, 5.41) is 5.59. The van der Waals surface area contributed by atoms with Gasteiger partial charge in [0.05, 0.1) is 10.6 Å². The Kier molecular flexibility index (Phi) is 6.52. The molecule has 1 amide bonds. The summed E-state index contributed by atoms with van der Waals surface area (Å²) in [7, 11) is 1.77. The average molecular weight is 435 g/mol. The average Bonchev–Trinajstić information content (AvgIpc) is 3.33. The Bertz CT molecular complexity index is 1050. The van der Waals surface area contributed by atoms with Crippen molar-refractivity contribution in [2.75, 3.05) is 18.9 Å². The lowest BCUT2D eigenvalue weighted by Gasteiger charge is -2.28. The second-order valence-electron chi connectivity index (χ2n) is 7.59. The van der Waals surface area contributed by atoms with Gasteiger partial charge in [0.25, 0.3) is 0 Å². The number of para-hydroxylation sites is 1. The number of benzene rings is 2. The van der Waals surface area contributed by atoms with Crippen LogP contribution < -0.4 is 15.8 Å². The first kappa shape index (κ1) is 20.9. The molecule has 1 aliphatic rings. The molecule has 2 aromatic carbocycles. The van der Waals surface area contributed by atoms with Crippen LogP contribution in [0.3, 0.4) is 0 Å². The molecule has 0 spiro atoms. The second kappa shape index (κ2) is 9.66. The Morgan fingerprint density at radius 1 is 1.23 bits per heavy atom. The molecule has 0 aliphatic carbocycles. The fourth-order valence-corrected chi connectivity index (χ4v) is 4.18. The number of nitrogens with two attached hydrogens (primary N) is 1. The highest BCUT2D eigenvalue weighted by atomic mass is 32.1. The third-order valence-electron chi connectivity index (χ3n) is 5.31. The zero-order valence-electron chi connectivity index (χ0n) is 17.5. The highest BCUT2D eigenvalue weighted by Gasteiger charge is 2.20. The monoisotopic (exact) mass is 434 g/mol. The maximum absolute atomic E-state index is 12.3. The van der Waals surface area contributed by atoms with Crippen molar-refractivity contribution in [2.24, 2.45) is 10.7 Å². The van der Waals surface area contributed by atoms with Gasteiger partial charge in [0.15, 0.2) is 0 Å². The summed E-state index contributed by atoms with van der Waals surface area (Å²) < 4.78 is 5.40. The number of anilines is 1. The minimum Gasteiger partial charge on any atom is -0.410 e. The molecule has 3 aromatic rings. The molecule has 1 aliphatic heterocycles. The Morgan fingerprint density at radius 2 is 2.06 bits per heavy atom. The van der Waals surface area contributed by atoms with Gasteiger partial charge in [0, 0.05) is 25.3 Å². The molecule has 31 heavy (non-hydrogen) atoms. The first-order valence-corrected chi connectivity index (χ1v) is 11.2. The molecule has 0 radical (unpaired) electrons. The molecule has 0 bridgehead atoms. The molecule has 7 heteroatoms. The molecule has 0 saturated heterocycles. The van der Waals surface area contributed by atoms with Gasteiger partial charge in [-0.25, -0.2) is 9.79 Å². The third kappa shape index (κ3) is 5.44. The smallest absolute Gasteiger partial charge is 0.410 e. The van der Waals surface area contributed by atoms with Crippen molar-refractivity contribution in [1.82, 2.24) is 4.90 Å². The molecule has 3 N–H and O–H groups in total. The number of amidine groups is 1. The Morgan fingerprint density at radius 3 is 2.84 bits per heavy atom. The number of nitrogens with one attached hydrogen (secondary N) is 1. The van der Waals surface area contributed by atoms with E-state index >= 15 is 0 Å². The molecular formula is C24H26N4O2S. The summed E-state index contributed by atoms with van der Waals surface area (Å²) in [5.41, 5.74) is 9.33. The van der Waals surface area contributed by atoms with Crippen molar-refractivity contribution in [3.63, 3.8) is 0 Å². The molecule has 0 saturated carbocycles. The maximum atomic E-state index is 12.3. The molecule has 2 heterocycles. The first-order chi connectivity index (χ1) is 15.1. The van der Waals surface area contributed by atoms with Crippen LogP contribution in [0.1, 0.15) is 23.3 Å². The lowest BCUT2D eigenvalue weighted by Crippen LogP contribution is -2.35. The molecule has 0 fully saturated rings. The van der Waals surface area contributed by atoms with Gasteiger partial charge in [-0.2, -0.15) is 0 Å². The van der Waals surface area contributed by atoms with E-state index < -0.39 is 0 Å². The Labute approximate surface area is 186 Å². The number of hydrogen-bond donors (Lipinski definition) is 2. The predicted octanol–water partition coefficient (Wildman–Crippen LogP) is 5.03. The van der Waals surface area contributed by atoms with Crippen LogP contribution in [0.25, 0.3) is 0 Å². The minimum absolute atomic E-state index is 0.286. The zero-order valence-corrected chi connectivity index (χ0v) is 18.3. The van der Waals surface area contributed by atoms with E-state index in [0.29, 0.717) is 18.1 Å². The van der Waals surface area contributed by atoms with E-state index in [-0.39, 0.29) is 12.1 Å². The van der Waals surface area contributed by atoms with Crippen LogP contribution in [0.2, 0.25) is 0 Å². The standard InChI is InChI=1S/C24H26N4O2S/c1-28(24(29)30-20-6-3-2-4-7-20)14-13-18-11-9-17-10-12-19(16-21(17)26-18)27-23(25)22-8-5-15-31-22/h2-8,10,12,15-16,18,26H,9,11,13-14H2,1H3,(H2,25,27). The molecule has 1 unspecified atom stereocenters. The number of carbonyl (C=O) groups is 1. The van der Waals surface area contributed by atoms with Gasteiger partial charge in [0.2, 0.25) is 0 Å². The number of carbonyl (C=O) groups excluding carboxylic acids is 1. The van der Waals surface area contributed by atoms with Gasteiger partial charge in [-0.1, -0.05) is 30.3 Å². The third-order valence-corrected chi connectivity index (χ3v) is 6.20. The number of ether oxygens (including phenoxy) is 1. The Hall–Kier alpha value is -3.32. The van der Waals surface area contributed by atoms with Gasteiger partial charge in [-0.3, -0.25) is 0 Å². The first-order valence-electron chi connectivity index (χ1n) is 10.3. The predicted molar refractivity (Wildman–Crippen MR) is 127 cm³/mol. The lowest BCUT2D eigenvalue weighted by molar-refractivity contribution is 0.161. The number of hydrogen-bond acceptors (Lipinski definition) is 5. The number of amides is 1. The van der Waals surface area contributed by atoms with Crippen molar-refractivity contribution in [2.45, 2.75) is 25.3 Å². The summed E-state index contributed by atoms with van der Waals surface area (Å²) in [5.74, 6) is 1.08. The van der Waals surface area contributed by atoms with E-state index in [4.69, 9.17) is 10.5 Å². The van der Waals surface area contributed by atoms with Crippen LogP contribution in [0.15, 0.2) is 71.0 Å². The molecule has 6 nitrogen and oxygen atoms in total. The van der Waals surface area contributed by atoms with E-state index in [1.807, 2.05) is 41.8 Å². The van der Waals surface area contributed by atoms with Crippen molar-refractivity contribution in [1.29, 1.82) is 0 Å². The van der Waals surface area contributed by atoms with Crippen molar-refractivity contribution < 1.29 is 9.53 Å². The number of aryl methyl sites for hydroxylation is 1. The van der Waals surface area contributed by atoms with Crippen LogP contribution in [0, 0.1) is 0 Å². The summed E-state index contributed by atoms with van der Waals surface area (Å²) in [6.45, 7) is 0.613. The van der Waals surface area contributed by atoms with Gasteiger partial charge >= 0.3 is 6.09 Å². The van der Waals surface area contributed by atoms with Gasteiger partial charge in [-0.15, -0.1) is 11.3 Å². The van der Waals surface area contributed by atoms with Crippen LogP contribution in [-0.4, -0.2) is 36.5 Å². The number of nitrogens with zero attached hydrogens (tertiary/aromatic N) is 2. The molecule has 4 rings (SSSR count). The van der Waals surface area contributed by atoms with Crippen LogP contribution >= 0.6 is 11.3 Å². The van der Waals surface area contributed by atoms with E-state index in [0.717, 1.165) is 35.5 Å². The summed E-state index contributed by atoms with van der Waals surface area (Å²) in [4.78, 5) is 19.4. The number of thiophene rings is 1. The minimum atomic E-state index is -0.344. The van der Waals surface area contributed by atoms with E-state index in [1.54, 1.807) is 35.4 Å². The fraction of sp³-hybridized carbons (Fsp3) is 0.250. The van der Waals surface area contributed by atoms with Crippen molar-refractivity contribution >= 4 is 34.6 Å². The van der Waals surface area contributed by atoms with Gasteiger partial charge in [-0.05, 0) is 60.5 Å². The van der Waals surface area contributed by atoms with E-state index in [1.165, 1.54) is 5.56 Å². The van der Waals surface area contributed by atoms with E-state index in [9.17, 15) is 4.79 Å². The van der Waals surface area contributed by atoms with Crippen molar-refractivity contribution in [3.05, 3.63) is 76.5 Å². The number of aliphatic imine (C=N–C) groups is 1. The topological polar surface area (TPSA) is 80.0 Å². The zero-order chi connectivity index (χ0) is 21.6. The summed E-state index contributed by atoms with van der Waals surface area (Å²) in [6.07, 6.45) is 2.51. The molecule has 1 aromatic heterocycles. The molecule has 1 atom stereocenters. The highest BCUT2D eigenvalue weighted by molar-refractivity contribution is 7.12. The molecule has 160 valence electrons. The number of fused-ring (bicyclic) bond motifs is 1. The van der Waals surface area contributed by atoms with Gasteiger partial charge < -0.3 is 20.7 Å². The Balaban J connectivity index is 1.34. The van der Waals surface area contributed by atoms with Gasteiger partial charge in [0.1, 0.15) is 11.6 Å².